The van der Waals surface area contributed by atoms with E-state index in [1.54, 1.807) is 6.92 Å². The van der Waals surface area contributed by atoms with Gasteiger partial charge in [0.2, 0.25) is 0 Å². The molecule has 1 heterocycles. The molecule has 0 saturated heterocycles. The monoisotopic (exact) mass is 288 g/mol. The first-order valence-corrected chi connectivity index (χ1v) is 6.27. The summed E-state index contributed by atoms with van der Waals surface area (Å²) in [5.74, 6) is -1.42. The maximum absolute atomic E-state index is 13.3. The lowest BCUT2D eigenvalue weighted by Gasteiger charge is -2.09. The van der Waals surface area contributed by atoms with Crippen molar-refractivity contribution < 1.29 is 18.7 Å². The number of rotatable bonds is 4. The summed E-state index contributed by atoms with van der Waals surface area (Å²) in [6.45, 7) is 1.67. The predicted molar refractivity (Wildman–Crippen MR) is 74.6 cm³/mol. The van der Waals surface area contributed by atoms with Crippen LogP contribution in [0.5, 0.6) is 5.75 Å². The fourth-order valence-electron chi connectivity index (χ4n) is 1.69. The molecule has 0 aliphatic carbocycles. The zero-order chi connectivity index (χ0) is 15.4. The second-order valence-electron chi connectivity index (χ2n) is 4.28. The third-order valence-electron chi connectivity index (χ3n) is 2.79. The number of hydrogen-bond donors (Lipinski definition) is 1. The molecule has 2 aromatic rings. The molecule has 0 bridgehead atoms. The van der Waals surface area contributed by atoms with Gasteiger partial charge in [0.1, 0.15) is 17.4 Å². The van der Waals surface area contributed by atoms with Gasteiger partial charge < -0.3 is 10.5 Å². The van der Waals surface area contributed by atoms with E-state index in [0.717, 1.165) is 12.1 Å². The lowest BCUT2D eigenvalue weighted by molar-refractivity contribution is 0.0731. The van der Waals surface area contributed by atoms with E-state index in [4.69, 9.17) is 10.5 Å². The molecule has 0 atom stereocenters. The molecular formula is C15H13FN2O3. The Morgan fingerprint density at radius 2 is 2.05 bits per heavy atom. The Morgan fingerprint density at radius 1 is 1.29 bits per heavy atom. The van der Waals surface area contributed by atoms with Crippen molar-refractivity contribution in [3.8, 4) is 5.75 Å². The molecule has 1 aromatic carbocycles. The van der Waals surface area contributed by atoms with Gasteiger partial charge in [-0.25, -0.2) is 14.2 Å². The summed E-state index contributed by atoms with van der Waals surface area (Å²) >= 11 is 0. The van der Waals surface area contributed by atoms with Crippen LogP contribution in [0.1, 0.15) is 34.1 Å². The first kappa shape index (κ1) is 14.6. The highest BCUT2D eigenvalue weighted by molar-refractivity contribution is 6.00. The number of ketones is 1. The molecule has 0 aliphatic heterocycles. The van der Waals surface area contributed by atoms with Crippen LogP contribution >= 0.6 is 0 Å². The van der Waals surface area contributed by atoms with Gasteiger partial charge in [-0.3, -0.25) is 4.79 Å². The number of nitrogens with zero attached hydrogens (tertiary/aromatic N) is 1. The second-order valence-corrected chi connectivity index (χ2v) is 4.28. The molecule has 2 N–H and O–H groups in total. The lowest BCUT2D eigenvalue weighted by Crippen LogP contribution is -2.12. The molecule has 5 nitrogen and oxygen atoms in total. The summed E-state index contributed by atoms with van der Waals surface area (Å²) in [7, 11) is 0. The van der Waals surface area contributed by atoms with Crippen LogP contribution < -0.4 is 10.5 Å². The number of carbonyl (C=O) groups is 2. The summed E-state index contributed by atoms with van der Waals surface area (Å²) in [4.78, 5) is 27.5. The van der Waals surface area contributed by atoms with Crippen molar-refractivity contribution >= 4 is 17.6 Å². The number of halogens is 1. The van der Waals surface area contributed by atoms with E-state index in [1.807, 2.05) is 0 Å². The van der Waals surface area contributed by atoms with Gasteiger partial charge in [0.25, 0.3) is 0 Å². The standard InChI is InChI=1S/C15H13FN2O3/c1-2-12(19)11-5-4-10(16)7-13(11)21-15(20)9-3-6-14(17)18-8-9/h3-8H,2H2,1H3,(H2,17,18). The highest BCUT2D eigenvalue weighted by Gasteiger charge is 2.16. The van der Waals surface area contributed by atoms with E-state index in [2.05, 4.69) is 4.98 Å². The van der Waals surface area contributed by atoms with Crippen molar-refractivity contribution in [3.05, 3.63) is 53.5 Å². The molecule has 0 amide bonds. The summed E-state index contributed by atoms with van der Waals surface area (Å²) in [6.07, 6.45) is 1.47. The van der Waals surface area contributed by atoms with E-state index in [-0.39, 0.29) is 34.9 Å². The van der Waals surface area contributed by atoms with E-state index in [0.29, 0.717) is 0 Å². The lowest BCUT2D eigenvalue weighted by atomic mass is 10.1. The van der Waals surface area contributed by atoms with Crippen molar-refractivity contribution in [3.63, 3.8) is 0 Å². The van der Waals surface area contributed by atoms with Crippen LogP contribution in [0.4, 0.5) is 10.2 Å². The Morgan fingerprint density at radius 3 is 2.67 bits per heavy atom. The number of esters is 1. The molecule has 21 heavy (non-hydrogen) atoms. The predicted octanol–water partition coefficient (Wildman–Crippen LogP) is 2.61. The number of Topliss-reactive ketones (excluding diaryl/α,β-unsaturated/α-hetero) is 1. The fourth-order valence-corrected chi connectivity index (χ4v) is 1.69. The first-order valence-electron chi connectivity index (χ1n) is 6.27. The molecule has 2 rings (SSSR count). The van der Waals surface area contributed by atoms with Crippen LogP contribution in [0.15, 0.2) is 36.5 Å². The van der Waals surface area contributed by atoms with Crippen LogP contribution in [-0.4, -0.2) is 16.7 Å². The highest BCUT2D eigenvalue weighted by atomic mass is 19.1. The maximum atomic E-state index is 13.3. The van der Waals surface area contributed by atoms with Crippen molar-refractivity contribution in [2.75, 3.05) is 5.73 Å². The minimum Gasteiger partial charge on any atom is -0.422 e. The molecule has 0 saturated carbocycles. The van der Waals surface area contributed by atoms with Gasteiger partial charge in [-0.05, 0) is 24.3 Å². The van der Waals surface area contributed by atoms with Crippen LogP contribution in [-0.2, 0) is 0 Å². The third-order valence-corrected chi connectivity index (χ3v) is 2.79. The molecular weight excluding hydrogens is 275 g/mol. The first-order chi connectivity index (χ1) is 10.0. The number of aromatic nitrogens is 1. The number of nitrogens with two attached hydrogens (primary N) is 1. The topological polar surface area (TPSA) is 82.3 Å². The van der Waals surface area contributed by atoms with E-state index >= 15 is 0 Å². The Balaban J connectivity index is 2.30. The van der Waals surface area contributed by atoms with Crippen molar-refractivity contribution in [1.29, 1.82) is 0 Å². The molecule has 6 heteroatoms. The summed E-state index contributed by atoms with van der Waals surface area (Å²) in [5, 5.41) is 0. The van der Waals surface area contributed by atoms with Crippen LogP contribution in [0.3, 0.4) is 0 Å². The minimum atomic E-state index is -0.738. The van der Waals surface area contributed by atoms with E-state index in [9.17, 15) is 14.0 Å². The second kappa shape index (κ2) is 6.13. The van der Waals surface area contributed by atoms with E-state index in [1.165, 1.54) is 24.4 Å². The Kier molecular flexibility index (Phi) is 4.27. The zero-order valence-electron chi connectivity index (χ0n) is 11.3. The summed E-state index contributed by atoms with van der Waals surface area (Å²) in [5.41, 5.74) is 5.74. The van der Waals surface area contributed by atoms with Crippen molar-refractivity contribution in [2.24, 2.45) is 0 Å². The molecule has 0 aliphatic rings. The highest BCUT2D eigenvalue weighted by Crippen LogP contribution is 2.22. The Bertz CT molecular complexity index is 684. The molecule has 0 unspecified atom stereocenters. The minimum absolute atomic E-state index is 0.108. The number of hydrogen-bond acceptors (Lipinski definition) is 5. The average molecular weight is 288 g/mol. The third kappa shape index (κ3) is 3.42. The van der Waals surface area contributed by atoms with E-state index < -0.39 is 11.8 Å². The van der Waals surface area contributed by atoms with Gasteiger partial charge in [-0.15, -0.1) is 0 Å². The van der Waals surface area contributed by atoms with Crippen LogP contribution in [0.2, 0.25) is 0 Å². The average Bonchev–Trinajstić information content (AvgIpc) is 2.47. The molecule has 1 aromatic heterocycles. The number of anilines is 1. The number of pyridine rings is 1. The van der Waals surface area contributed by atoms with Gasteiger partial charge in [-0.1, -0.05) is 6.92 Å². The molecule has 108 valence electrons. The largest absolute Gasteiger partial charge is 0.422 e. The number of carbonyl (C=O) groups excluding carboxylic acids is 2. The maximum Gasteiger partial charge on any atom is 0.345 e. The van der Waals surface area contributed by atoms with Gasteiger partial charge in [0.05, 0.1) is 11.1 Å². The van der Waals surface area contributed by atoms with Crippen LogP contribution in [0, 0.1) is 5.82 Å². The number of nitrogen functional groups attached to an aromatic ring is 1. The van der Waals surface area contributed by atoms with Gasteiger partial charge in [0, 0.05) is 18.7 Å². The summed E-state index contributed by atoms with van der Waals surface area (Å²) in [6, 6.07) is 6.33. The van der Waals surface area contributed by atoms with Crippen molar-refractivity contribution in [2.45, 2.75) is 13.3 Å². The van der Waals surface area contributed by atoms with Crippen molar-refractivity contribution in [1.82, 2.24) is 4.98 Å². The zero-order valence-corrected chi connectivity index (χ0v) is 11.3. The number of benzene rings is 1. The van der Waals surface area contributed by atoms with Crippen LogP contribution in [0.25, 0.3) is 0 Å². The van der Waals surface area contributed by atoms with Gasteiger partial charge >= 0.3 is 5.97 Å². The van der Waals surface area contributed by atoms with Gasteiger partial charge in [0.15, 0.2) is 5.78 Å². The van der Waals surface area contributed by atoms with Gasteiger partial charge in [-0.2, -0.15) is 0 Å². The SMILES string of the molecule is CCC(=O)c1ccc(F)cc1OC(=O)c1ccc(N)nc1. The normalized spacial score (nSPS) is 10.2. The fraction of sp³-hybridized carbons (Fsp3) is 0.133. The Hall–Kier alpha value is -2.76. The molecule has 0 radical (unpaired) electrons. The molecule has 0 spiro atoms. The Labute approximate surface area is 120 Å². The molecule has 0 fully saturated rings. The quantitative estimate of drug-likeness (QED) is 0.531. The number of ether oxygens (including phenoxy) is 1. The smallest absolute Gasteiger partial charge is 0.345 e. The summed E-state index contributed by atoms with van der Waals surface area (Å²) < 4.78 is 18.4.